The van der Waals surface area contributed by atoms with E-state index in [1.165, 1.54) is 12.1 Å². The predicted octanol–water partition coefficient (Wildman–Crippen LogP) is 0.861. The molecule has 0 aliphatic rings. The van der Waals surface area contributed by atoms with Gasteiger partial charge in [-0.15, -0.1) is 0 Å². The van der Waals surface area contributed by atoms with Crippen LogP contribution in [0.1, 0.15) is 5.56 Å². The molecule has 0 amide bonds. The summed E-state index contributed by atoms with van der Waals surface area (Å²) < 4.78 is 29.6. The summed E-state index contributed by atoms with van der Waals surface area (Å²) >= 11 is 0. The van der Waals surface area contributed by atoms with Crippen LogP contribution in [0.5, 0.6) is 0 Å². The molecule has 3 nitrogen and oxygen atoms in total. The molecule has 0 spiro atoms. The molecule has 5 heteroatoms. The van der Waals surface area contributed by atoms with Gasteiger partial charge in [0, 0.05) is 27.3 Å². The zero-order valence-corrected chi connectivity index (χ0v) is 11.2. The summed E-state index contributed by atoms with van der Waals surface area (Å²) in [5.41, 5.74) is 0.956. The van der Waals surface area contributed by atoms with Gasteiger partial charge in [0.05, 0.1) is 4.90 Å². The summed E-state index contributed by atoms with van der Waals surface area (Å²) in [6.45, 7) is 1.84. The summed E-state index contributed by atoms with van der Waals surface area (Å²) in [6.07, 6.45) is 0. The van der Waals surface area contributed by atoms with E-state index in [9.17, 15) is 8.42 Å². The molecule has 0 aromatic heterocycles. The van der Waals surface area contributed by atoms with Crippen LogP contribution in [0.15, 0.2) is 29.2 Å². The van der Waals surface area contributed by atoms with Crippen LogP contribution in [0.4, 0.5) is 0 Å². The molecule has 0 heterocycles. The fourth-order valence-corrected chi connectivity index (χ4v) is 1.19. The van der Waals surface area contributed by atoms with Gasteiger partial charge in [0.1, 0.15) is 0 Å². The zero-order chi connectivity index (χ0) is 8.48. The largest absolute Gasteiger partial charge is 0.294 e. The Kier molecular flexibility index (Phi) is 4.35. The maximum Gasteiger partial charge on any atom is 0.294 e. The van der Waals surface area contributed by atoms with Gasteiger partial charge in [-0.2, -0.15) is 8.42 Å². The van der Waals surface area contributed by atoms with Crippen molar-refractivity contribution in [3.8, 4) is 0 Å². The van der Waals surface area contributed by atoms with E-state index in [2.05, 4.69) is 0 Å². The van der Waals surface area contributed by atoms with Gasteiger partial charge >= 0.3 is 0 Å². The molecular weight excluding hydrogens is 371 g/mol. The first-order valence-corrected chi connectivity index (χ1v) is 4.48. The van der Waals surface area contributed by atoms with Crippen LogP contribution in [-0.4, -0.2) is 40.3 Å². The second-order valence-electron chi connectivity index (χ2n) is 2.29. The van der Waals surface area contributed by atoms with Crippen molar-refractivity contribution in [3.05, 3.63) is 29.8 Å². The van der Waals surface area contributed by atoms with Gasteiger partial charge in [0.15, 0.2) is 0 Å². The van der Waals surface area contributed by atoms with Gasteiger partial charge in [-0.05, 0) is 19.1 Å². The first-order chi connectivity index (χ1) is 5.00. The second kappa shape index (κ2) is 4.33. The quantitative estimate of drug-likeness (QED) is 0.582. The summed E-state index contributed by atoms with van der Waals surface area (Å²) in [7, 11) is -4.02. The minimum Gasteiger partial charge on any atom is -0.282 e. The summed E-state index contributed by atoms with van der Waals surface area (Å²) in [6, 6.07) is 5.99. The van der Waals surface area contributed by atoms with E-state index >= 15 is 0 Å². The molecule has 1 N–H and O–H groups in total. The number of aryl methyl sites for hydroxylation is 1. The van der Waals surface area contributed by atoms with Gasteiger partial charge in [0.25, 0.3) is 10.1 Å². The Morgan fingerprint density at radius 3 is 1.92 bits per heavy atom. The Morgan fingerprint density at radius 1 is 1.17 bits per heavy atom. The fraction of sp³-hybridized carbons (Fsp3) is 0.143. The van der Waals surface area contributed by atoms with Crippen molar-refractivity contribution in [1.29, 1.82) is 0 Å². The first kappa shape index (κ1) is 12.1. The minimum absolute atomic E-state index is 0. The van der Waals surface area contributed by atoms with Crippen LogP contribution in [0.2, 0.25) is 0 Å². The average Bonchev–Trinajstić information content (AvgIpc) is 1.86. The van der Waals surface area contributed by atoms with Gasteiger partial charge in [-0.1, -0.05) is 17.7 Å². The van der Waals surface area contributed by atoms with E-state index in [1.807, 2.05) is 6.92 Å². The Labute approximate surface area is 91.7 Å². The SMILES string of the molecule is Cc1ccc(S(=O)(=O)O)cc1.[Pb]. The van der Waals surface area contributed by atoms with E-state index in [4.69, 9.17) is 4.55 Å². The minimum atomic E-state index is -4.02. The second-order valence-corrected chi connectivity index (χ2v) is 3.71. The number of rotatable bonds is 1. The molecule has 1 aromatic rings. The van der Waals surface area contributed by atoms with Crippen molar-refractivity contribution in [2.24, 2.45) is 0 Å². The third kappa shape index (κ3) is 3.20. The average molecular weight is 379 g/mol. The number of hydrogen-bond donors (Lipinski definition) is 1. The van der Waals surface area contributed by atoms with E-state index in [0.29, 0.717) is 0 Å². The van der Waals surface area contributed by atoms with Crippen molar-refractivity contribution >= 4 is 37.4 Å². The Balaban J connectivity index is 0.00000121. The molecule has 0 aliphatic heterocycles. The molecule has 0 saturated heterocycles. The van der Waals surface area contributed by atoms with Crippen molar-refractivity contribution in [1.82, 2.24) is 0 Å². The van der Waals surface area contributed by atoms with E-state index in [0.717, 1.165) is 5.56 Å². The molecular formula is C7H8O3PbS. The summed E-state index contributed by atoms with van der Waals surface area (Å²) in [4.78, 5) is -0.0666. The molecule has 0 saturated carbocycles. The van der Waals surface area contributed by atoms with Gasteiger partial charge in [0.2, 0.25) is 0 Å². The molecule has 64 valence electrons. The van der Waals surface area contributed by atoms with Crippen LogP contribution in [0.25, 0.3) is 0 Å². The smallest absolute Gasteiger partial charge is 0.282 e. The van der Waals surface area contributed by atoms with Crippen LogP contribution in [0, 0.1) is 6.92 Å². The standard InChI is InChI=1S/C7H8O3S.Pb/c1-6-2-4-7(5-3-6)11(8,9)10;/h2-5H,1H3,(H,8,9,10);. The van der Waals surface area contributed by atoms with Gasteiger partial charge in [-0.25, -0.2) is 0 Å². The fourth-order valence-electron chi connectivity index (χ4n) is 0.710. The van der Waals surface area contributed by atoms with Gasteiger partial charge in [-0.3, -0.25) is 4.55 Å². The van der Waals surface area contributed by atoms with E-state index in [1.54, 1.807) is 12.1 Å². The molecule has 1 rings (SSSR count). The maximum absolute atomic E-state index is 10.5. The molecule has 1 aromatic carbocycles. The Bertz CT molecular complexity index is 341. The molecule has 0 atom stereocenters. The zero-order valence-electron chi connectivity index (χ0n) is 6.48. The topological polar surface area (TPSA) is 54.4 Å². The third-order valence-corrected chi connectivity index (χ3v) is 2.19. The van der Waals surface area contributed by atoms with Crippen molar-refractivity contribution in [2.45, 2.75) is 11.8 Å². The molecule has 0 aliphatic carbocycles. The number of benzene rings is 1. The van der Waals surface area contributed by atoms with Crippen molar-refractivity contribution in [2.75, 3.05) is 0 Å². The summed E-state index contributed by atoms with van der Waals surface area (Å²) in [5, 5.41) is 0. The van der Waals surface area contributed by atoms with Crippen LogP contribution in [0.3, 0.4) is 0 Å². The van der Waals surface area contributed by atoms with E-state index in [-0.39, 0.29) is 32.2 Å². The van der Waals surface area contributed by atoms with Crippen molar-refractivity contribution in [3.63, 3.8) is 0 Å². The molecule has 0 unspecified atom stereocenters. The molecule has 0 fully saturated rings. The predicted molar refractivity (Wildman–Crippen MR) is 46.7 cm³/mol. The van der Waals surface area contributed by atoms with E-state index < -0.39 is 10.1 Å². The van der Waals surface area contributed by atoms with Crippen LogP contribution in [-0.2, 0) is 10.1 Å². The first-order valence-electron chi connectivity index (χ1n) is 3.04. The monoisotopic (exact) mass is 380 g/mol. The molecule has 12 heavy (non-hydrogen) atoms. The summed E-state index contributed by atoms with van der Waals surface area (Å²) in [5.74, 6) is 0. The third-order valence-electron chi connectivity index (χ3n) is 1.32. The van der Waals surface area contributed by atoms with Crippen molar-refractivity contribution < 1.29 is 13.0 Å². The van der Waals surface area contributed by atoms with Crippen LogP contribution >= 0.6 is 0 Å². The Morgan fingerprint density at radius 2 is 1.58 bits per heavy atom. The number of hydrogen-bond acceptors (Lipinski definition) is 2. The Hall–Kier alpha value is 0.0521. The normalized spacial score (nSPS) is 10.5. The maximum atomic E-state index is 10.5. The van der Waals surface area contributed by atoms with Crippen LogP contribution < -0.4 is 0 Å². The van der Waals surface area contributed by atoms with Gasteiger partial charge < -0.3 is 0 Å². The molecule has 0 bridgehead atoms. The molecule has 4 radical (unpaired) electrons.